The molecule has 28 heavy (non-hydrogen) atoms. The summed E-state index contributed by atoms with van der Waals surface area (Å²) in [5, 5.41) is 7.58. The summed E-state index contributed by atoms with van der Waals surface area (Å²) in [5.41, 5.74) is 3.39. The van der Waals surface area contributed by atoms with Gasteiger partial charge in [0, 0.05) is 7.05 Å². The quantitative estimate of drug-likeness (QED) is 0.277. The lowest BCUT2D eigenvalue weighted by Crippen LogP contribution is -2.28. The number of para-hydroxylation sites is 2. The first-order valence-corrected chi connectivity index (χ1v) is 9.14. The second kappa shape index (κ2) is 11.2. The Morgan fingerprint density at radius 3 is 2.43 bits per heavy atom. The number of benzene rings is 2. The Balaban J connectivity index is 1.98. The number of hydrogen-bond acceptors (Lipinski definition) is 6. The third-order valence-corrected chi connectivity index (χ3v) is 4.09. The number of ether oxygens (including phenoxy) is 4. The van der Waals surface area contributed by atoms with Crippen molar-refractivity contribution in [2.45, 2.75) is 0 Å². The second-order valence-electron chi connectivity index (χ2n) is 5.33. The van der Waals surface area contributed by atoms with E-state index in [4.69, 9.17) is 42.8 Å². The zero-order valence-electron chi connectivity index (χ0n) is 15.8. The number of rotatable bonds is 9. The van der Waals surface area contributed by atoms with Crippen molar-refractivity contribution in [2.24, 2.45) is 5.10 Å². The molecule has 150 valence electrons. The van der Waals surface area contributed by atoms with Gasteiger partial charge in [0.2, 0.25) is 0 Å². The van der Waals surface area contributed by atoms with Crippen molar-refractivity contribution < 1.29 is 18.9 Å². The molecule has 0 amide bonds. The summed E-state index contributed by atoms with van der Waals surface area (Å²) in [6, 6.07) is 10.9. The van der Waals surface area contributed by atoms with Crippen LogP contribution in [0.5, 0.6) is 23.0 Å². The van der Waals surface area contributed by atoms with Crippen molar-refractivity contribution in [2.75, 3.05) is 34.5 Å². The smallest absolute Gasteiger partial charge is 0.186 e. The Morgan fingerprint density at radius 2 is 1.75 bits per heavy atom. The highest BCUT2D eigenvalue weighted by atomic mass is 35.5. The monoisotopic (exact) mass is 423 g/mol. The fraction of sp³-hybridized carbons (Fsp3) is 0.263. The van der Waals surface area contributed by atoms with E-state index in [9.17, 15) is 0 Å². The number of halogens is 1. The molecule has 0 saturated carbocycles. The van der Waals surface area contributed by atoms with Gasteiger partial charge >= 0.3 is 0 Å². The largest absolute Gasteiger partial charge is 0.493 e. The first-order chi connectivity index (χ1) is 13.6. The molecule has 0 aromatic heterocycles. The van der Waals surface area contributed by atoms with Gasteiger partial charge in [-0.3, -0.25) is 5.43 Å². The van der Waals surface area contributed by atoms with Gasteiger partial charge in [0.15, 0.2) is 28.1 Å². The molecule has 0 bridgehead atoms. The van der Waals surface area contributed by atoms with Crippen molar-refractivity contribution >= 4 is 35.1 Å². The minimum absolute atomic E-state index is 0.277. The number of methoxy groups -OCH3 is 2. The Morgan fingerprint density at radius 1 is 1.07 bits per heavy atom. The number of nitrogens with zero attached hydrogens (tertiary/aromatic N) is 1. The van der Waals surface area contributed by atoms with Gasteiger partial charge in [-0.25, -0.2) is 0 Å². The van der Waals surface area contributed by atoms with E-state index in [0.717, 1.165) is 5.56 Å². The molecule has 0 heterocycles. The molecule has 0 saturated heterocycles. The van der Waals surface area contributed by atoms with E-state index < -0.39 is 0 Å². The van der Waals surface area contributed by atoms with Crippen molar-refractivity contribution in [3.63, 3.8) is 0 Å². The zero-order chi connectivity index (χ0) is 20.4. The minimum atomic E-state index is 0.277. The lowest BCUT2D eigenvalue weighted by atomic mass is 10.2. The van der Waals surface area contributed by atoms with Crippen LogP contribution in [0.3, 0.4) is 0 Å². The van der Waals surface area contributed by atoms with Crippen molar-refractivity contribution in [3.05, 3.63) is 47.0 Å². The molecule has 0 fully saturated rings. The molecule has 2 rings (SSSR count). The number of hydrazone groups is 1. The van der Waals surface area contributed by atoms with Crippen molar-refractivity contribution in [1.29, 1.82) is 0 Å². The van der Waals surface area contributed by atoms with Crippen LogP contribution in [0.4, 0.5) is 0 Å². The first kappa shape index (κ1) is 21.6. The third-order valence-electron chi connectivity index (χ3n) is 3.51. The fourth-order valence-electron chi connectivity index (χ4n) is 2.21. The molecule has 2 N–H and O–H groups in total. The predicted octanol–water partition coefficient (Wildman–Crippen LogP) is 3.24. The summed E-state index contributed by atoms with van der Waals surface area (Å²) in [7, 11) is 4.84. The SMILES string of the molecule is CNC(=S)NN=Cc1cc(Cl)c(OCCOc2ccccc2OC)c(OC)c1. The highest BCUT2D eigenvalue weighted by Gasteiger charge is 2.12. The van der Waals surface area contributed by atoms with E-state index in [0.29, 0.717) is 39.7 Å². The average Bonchev–Trinajstić information content (AvgIpc) is 2.72. The highest BCUT2D eigenvalue weighted by molar-refractivity contribution is 7.80. The van der Waals surface area contributed by atoms with Crippen molar-refractivity contribution in [1.82, 2.24) is 10.7 Å². The lowest BCUT2D eigenvalue weighted by Gasteiger charge is -2.14. The molecule has 0 aliphatic carbocycles. The van der Waals surface area contributed by atoms with Gasteiger partial charge < -0.3 is 24.3 Å². The zero-order valence-corrected chi connectivity index (χ0v) is 17.4. The van der Waals surface area contributed by atoms with Gasteiger partial charge in [-0.15, -0.1) is 0 Å². The van der Waals surface area contributed by atoms with E-state index in [2.05, 4.69) is 15.8 Å². The summed E-state index contributed by atoms with van der Waals surface area (Å²) in [5.74, 6) is 2.23. The molecular formula is C19H22ClN3O4S. The van der Waals surface area contributed by atoms with Crippen LogP contribution in [-0.4, -0.2) is 45.8 Å². The van der Waals surface area contributed by atoms with E-state index in [1.807, 2.05) is 24.3 Å². The Labute approximate surface area is 174 Å². The molecule has 0 radical (unpaired) electrons. The van der Waals surface area contributed by atoms with E-state index >= 15 is 0 Å². The van der Waals surface area contributed by atoms with Gasteiger partial charge in [0.1, 0.15) is 13.2 Å². The minimum Gasteiger partial charge on any atom is -0.493 e. The number of hydrogen-bond donors (Lipinski definition) is 2. The van der Waals surface area contributed by atoms with Crippen LogP contribution in [0.1, 0.15) is 5.56 Å². The number of thiocarbonyl (C=S) groups is 1. The normalized spacial score (nSPS) is 10.4. The third kappa shape index (κ3) is 6.17. The van der Waals surface area contributed by atoms with Crippen LogP contribution in [-0.2, 0) is 0 Å². The molecule has 9 heteroatoms. The van der Waals surface area contributed by atoms with Crippen LogP contribution < -0.4 is 29.7 Å². The van der Waals surface area contributed by atoms with Crippen LogP contribution in [0, 0.1) is 0 Å². The van der Waals surface area contributed by atoms with Gasteiger partial charge in [-0.05, 0) is 42.0 Å². The van der Waals surface area contributed by atoms with Crippen molar-refractivity contribution in [3.8, 4) is 23.0 Å². The van der Waals surface area contributed by atoms with Crippen LogP contribution >= 0.6 is 23.8 Å². The van der Waals surface area contributed by atoms with Crippen LogP contribution in [0.2, 0.25) is 5.02 Å². The summed E-state index contributed by atoms with van der Waals surface area (Å²) in [6.45, 7) is 0.591. The topological polar surface area (TPSA) is 73.3 Å². The lowest BCUT2D eigenvalue weighted by molar-refractivity contribution is 0.206. The van der Waals surface area contributed by atoms with Gasteiger partial charge in [-0.2, -0.15) is 5.10 Å². The maximum atomic E-state index is 6.34. The Hall–Kier alpha value is -2.71. The van der Waals surface area contributed by atoms with E-state index in [1.165, 1.54) is 0 Å². The second-order valence-corrected chi connectivity index (χ2v) is 6.15. The predicted molar refractivity (Wildman–Crippen MR) is 114 cm³/mol. The summed E-state index contributed by atoms with van der Waals surface area (Å²) < 4.78 is 22.1. The molecule has 2 aromatic rings. The Bertz CT molecular complexity index is 833. The van der Waals surface area contributed by atoms with Crippen LogP contribution in [0.25, 0.3) is 0 Å². The maximum absolute atomic E-state index is 6.34. The highest BCUT2D eigenvalue weighted by Crippen LogP contribution is 2.36. The summed E-state index contributed by atoms with van der Waals surface area (Å²) >= 11 is 11.3. The fourth-order valence-corrected chi connectivity index (χ4v) is 2.54. The first-order valence-electron chi connectivity index (χ1n) is 8.36. The molecule has 0 aliphatic heterocycles. The molecule has 0 unspecified atom stereocenters. The molecule has 0 spiro atoms. The Kier molecular flexibility index (Phi) is 8.64. The molecular weight excluding hydrogens is 402 g/mol. The molecule has 2 aromatic carbocycles. The summed E-state index contributed by atoms with van der Waals surface area (Å²) in [6.07, 6.45) is 1.58. The van der Waals surface area contributed by atoms with Crippen LogP contribution in [0.15, 0.2) is 41.5 Å². The maximum Gasteiger partial charge on any atom is 0.186 e. The molecule has 7 nitrogen and oxygen atoms in total. The van der Waals surface area contributed by atoms with Gasteiger partial charge in [0.05, 0.1) is 25.5 Å². The van der Waals surface area contributed by atoms with E-state index in [1.54, 1.807) is 39.6 Å². The molecule has 0 atom stereocenters. The van der Waals surface area contributed by atoms with Gasteiger partial charge in [-0.1, -0.05) is 23.7 Å². The standard InChI is InChI=1S/C19H22ClN3O4S/c1-21-19(28)23-22-12-13-10-14(20)18(17(11-13)25-3)27-9-8-26-16-7-5-4-6-15(16)24-2/h4-7,10-12H,8-9H2,1-3H3,(H2,21,23,28). The average molecular weight is 424 g/mol. The van der Waals surface area contributed by atoms with E-state index in [-0.39, 0.29) is 6.61 Å². The number of nitrogens with one attached hydrogen (secondary N) is 2. The van der Waals surface area contributed by atoms with Gasteiger partial charge in [0.25, 0.3) is 0 Å². The summed E-state index contributed by atoms with van der Waals surface area (Å²) in [4.78, 5) is 0. The molecule has 0 aliphatic rings.